The summed E-state index contributed by atoms with van der Waals surface area (Å²) in [5, 5.41) is 2.87. The third-order valence-corrected chi connectivity index (χ3v) is 2.15. The van der Waals surface area contributed by atoms with Crippen LogP contribution in [0.1, 0.15) is 5.56 Å². The van der Waals surface area contributed by atoms with Crippen molar-refractivity contribution in [2.24, 2.45) is 11.5 Å². The predicted octanol–water partition coefficient (Wildman–Crippen LogP) is 0.359. The Morgan fingerprint density at radius 3 is 2.87 bits per heavy atom. The van der Waals surface area contributed by atoms with Crippen molar-refractivity contribution in [3.63, 3.8) is 0 Å². The molecule has 1 amide bonds. The van der Waals surface area contributed by atoms with Crippen LogP contribution < -0.4 is 16.8 Å². The Kier molecular flexibility index (Phi) is 3.62. The number of rotatable bonds is 4. The number of hydrogen-bond acceptors (Lipinski definition) is 3. The maximum atomic E-state index is 13.1. The first kappa shape index (κ1) is 11.5. The highest BCUT2D eigenvalue weighted by Gasteiger charge is 2.09. The average molecular weight is 211 g/mol. The molecule has 0 heterocycles. The predicted molar refractivity (Wildman–Crippen MR) is 56.8 cm³/mol. The number of carbonyl (C=O) groups is 1. The lowest BCUT2D eigenvalue weighted by Crippen LogP contribution is -2.41. The van der Waals surface area contributed by atoms with Crippen molar-refractivity contribution in [2.75, 3.05) is 11.9 Å². The molecule has 15 heavy (non-hydrogen) atoms. The zero-order valence-electron chi connectivity index (χ0n) is 8.46. The van der Waals surface area contributed by atoms with Crippen LogP contribution in [0, 0.1) is 12.7 Å². The first-order chi connectivity index (χ1) is 7.02. The van der Waals surface area contributed by atoms with Gasteiger partial charge in [-0.1, -0.05) is 6.07 Å². The van der Waals surface area contributed by atoms with E-state index in [-0.39, 0.29) is 12.4 Å². The third kappa shape index (κ3) is 2.92. The molecule has 1 aromatic rings. The number of nitrogens with two attached hydrogens (primary N) is 2. The van der Waals surface area contributed by atoms with Gasteiger partial charge in [0.25, 0.3) is 0 Å². The van der Waals surface area contributed by atoms with Gasteiger partial charge in [-0.05, 0) is 19.1 Å². The summed E-state index contributed by atoms with van der Waals surface area (Å²) in [6, 6.07) is 3.90. The highest BCUT2D eigenvalue weighted by Crippen LogP contribution is 2.16. The lowest BCUT2D eigenvalue weighted by atomic mass is 10.2. The van der Waals surface area contributed by atoms with E-state index in [1.165, 1.54) is 6.07 Å². The van der Waals surface area contributed by atoms with Crippen molar-refractivity contribution in [3.05, 3.63) is 29.6 Å². The molecule has 5 heteroatoms. The molecule has 0 saturated carbocycles. The van der Waals surface area contributed by atoms with Crippen LogP contribution in [0.3, 0.4) is 0 Å². The van der Waals surface area contributed by atoms with Crippen molar-refractivity contribution >= 4 is 11.6 Å². The largest absolute Gasteiger partial charge is 0.383 e. The van der Waals surface area contributed by atoms with Crippen LogP contribution >= 0.6 is 0 Å². The third-order valence-electron chi connectivity index (χ3n) is 2.15. The Bertz CT molecular complexity index is 368. The topological polar surface area (TPSA) is 81.1 Å². The molecule has 0 bridgehead atoms. The molecule has 0 radical (unpaired) electrons. The molecule has 0 aliphatic rings. The van der Waals surface area contributed by atoms with Gasteiger partial charge in [0.15, 0.2) is 0 Å². The fraction of sp³-hybridized carbons (Fsp3) is 0.300. The van der Waals surface area contributed by atoms with Gasteiger partial charge in [0.2, 0.25) is 5.91 Å². The van der Waals surface area contributed by atoms with E-state index in [4.69, 9.17) is 11.5 Å². The van der Waals surface area contributed by atoms with E-state index in [9.17, 15) is 9.18 Å². The fourth-order valence-electron chi connectivity index (χ4n) is 1.12. The van der Waals surface area contributed by atoms with Gasteiger partial charge in [0, 0.05) is 17.8 Å². The summed E-state index contributed by atoms with van der Waals surface area (Å²) in [6.45, 7) is 1.84. The van der Waals surface area contributed by atoms with E-state index in [1.54, 1.807) is 19.1 Å². The van der Waals surface area contributed by atoms with Crippen LogP contribution in [0.4, 0.5) is 10.1 Å². The Labute approximate surface area is 87.4 Å². The minimum atomic E-state index is -0.771. The molecule has 0 aliphatic carbocycles. The monoisotopic (exact) mass is 211 g/mol. The minimum Gasteiger partial charge on any atom is -0.383 e. The van der Waals surface area contributed by atoms with E-state index in [2.05, 4.69) is 5.32 Å². The van der Waals surface area contributed by atoms with Gasteiger partial charge in [-0.3, -0.25) is 4.79 Å². The molecule has 0 saturated heterocycles. The van der Waals surface area contributed by atoms with E-state index < -0.39 is 11.9 Å². The van der Waals surface area contributed by atoms with E-state index >= 15 is 0 Å². The zero-order chi connectivity index (χ0) is 11.4. The smallest absolute Gasteiger partial charge is 0.236 e. The summed E-state index contributed by atoms with van der Waals surface area (Å²) in [5.41, 5.74) is 11.5. The SMILES string of the molecule is Cc1c(F)cccc1NCC(N)C(N)=O. The fourth-order valence-corrected chi connectivity index (χ4v) is 1.12. The molecular weight excluding hydrogens is 197 g/mol. The van der Waals surface area contributed by atoms with Crippen LogP contribution in [0.25, 0.3) is 0 Å². The second-order valence-corrected chi connectivity index (χ2v) is 3.30. The summed E-state index contributed by atoms with van der Waals surface area (Å²) in [6.07, 6.45) is 0. The molecule has 0 spiro atoms. The number of primary amides is 1. The van der Waals surface area contributed by atoms with Gasteiger partial charge in [-0.25, -0.2) is 4.39 Å². The lowest BCUT2D eigenvalue weighted by Gasteiger charge is -2.12. The molecular formula is C10H14FN3O. The highest BCUT2D eigenvalue weighted by atomic mass is 19.1. The molecule has 5 N–H and O–H groups in total. The summed E-state index contributed by atoms with van der Waals surface area (Å²) < 4.78 is 13.1. The molecule has 1 aromatic carbocycles. The van der Waals surface area contributed by atoms with Gasteiger partial charge in [0.05, 0.1) is 0 Å². The number of carbonyl (C=O) groups excluding carboxylic acids is 1. The van der Waals surface area contributed by atoms with Crippen molar-refractivity contribution in [2.45, 2.75) is 13.0 Å². The van der Waals surface area contributed by atoms with Crippen molar-refractivity contribution in [1.82, 2.24) is 0 Å². The van der Waals surface area contributed by atoms with Gasteiger partial charge in [-0.2, -0.15) is 0 Å². The summed E-state index contributed by atoms with van der Waals surface area (Å²) in [4.78, 5) is 10.7. The van der Waals surface area contributed by atoms with Crippen molar-refractivity contribution < 1.29 is 9.18 Å². The molecule has 1 rings (SSSR count). The molecule has 82 valence electrons. The Hall–Kier alpha value is -1.62. The standard InChI is InChI=1S/C10H14FN3O/c1-6-7(11)3-2-4-9(6)14-5-8(12)10(13)15/h2-4,8,14H,5,12H2,1H3,(H2,13,15). The van der Waals surface area contributed by atoms with Crippen molar-refractivity contribution in [3.8, 4) is 0 Å². The van der Waals surface area contributed by atoms with Gasteiger partial charge >= 0.3 is 0 Å². The van der Waals surface area contributed by atoms with Crippen LogP contribution in [0.2, 0.25) is 0 Å². The number of amides is 1. The maximum Gasteiger partial charge on any atom is 0.236 e. The highest BCUT2D eigenvalue weighted by molar-refractivity contribution is 5.80. The van der Waals surface area contributed by atoms with E-state index in [0.717, 1.165) is 0 Å². The number of benzene rings is 1. The van der Waals surface area contributed by atoms with Gasteiger partial charge in [0.1, 0.15) is 11.9 Å². The first-order valence-corrected chi connectivity index (χ1v) is 4.56. The molecule has 0 fully saturated rings. The van der Waals surface area contributed by atoms with Gasteiger partial charge < -0.3 is 16.8 Å². The molecule has 1 unspecified atom stereocenters. The van der Waals surface area contributed by atoms with E-state index in [0.29, 0.717) is 11.3 Å². The minimum absolute atomic E-state index is 0.194. The molecule has 4 nitrogen and oxygen atoms in total. The summed E-state index contributed by atoms with van der Waals surface area (Å²) in [5.74, 6) is -0.885. The number of nitrogens with one attached hydrogen (secondary N) is 1. The maximum absolute atomic E-state index is 13.1. The quantitative estimate of drug-likeness (QED) is 0.672. The lowest BCUT2D eigenvalue weighted by molar-refractivity contribution is -0.118. The average Bonchev–Trinajstić information content (AvgIpc) is 2.19. The Balaban J connectivity index is 2.66. The van der Waals surface area contributed by atoms with Crippen LogP contribution in [-0.4, -0.2) is 18.5 Å². The Morgan fingerprint density at radius 2 is 2.27 bits per heavy atom. The van der Waals surface area contributed by atoms with Crippen molar-refractivity contribution in [1.29, 1.82) is 0 Å². The van der Waals surface area contributed by atoms with Gasteiger partial charge in [-0.15, -0.1) is 0 Å². The first-order valence-electron chi connectivity index (χ1n) is 4.56. The number of anilines is 1. The summed E-state index contributed by atoms with van der Waals surface area (Å²) >= 11 is 0. The molecule has 0 aliphatic heterocycles. The number of halogens is 1. The second-order valence-electron chi connectivity index (χ2n) is 3.30. The number of hydrogen-bond donors (Lipinski definition) is 3. The summed E-state index contributed by atoms with van der Waals surface area (Å²) in [7, 11) is 0. The molecule has 0 aromatic heterocycles. The second kappa shape index (κ2) is 4.75. The van der Waals surface area contributed by atoms with E-state index in [1.807, 2.05) is 0 Å². The zero-order valence-corrected chi connectivity index (χ0v) is 8.46. The van der Waals surface area contributed by atoms with Crippen LogP contribution in [0.15, 0.2) is 18.2 Å². The normalized spacial score (nSPS) is 12.2. The molecule has 1 atom stereocenters. The Morgan fingerprint density at radius 1 is 1.60 bits per heavy atom. The van der Waals surface area contributed by atoms with Crippen LogP contribution in [0.5, 0.6) is 0 Å². The van der Waals surface area contributed by atoms with Crippen LogP contribution in [-0.2, 0) is 4.79 Å².